The molecule has 2 nitrogen and oxygen atoms in total. The summed E-state index contributed by atoms with van der Waals surface area (Å²) < 4.78 is 10.7. The molecule has 0 saturated heterocycles. The predicted octanol–water partition coefficient (Wildman–Crippen LogP) is 2.85. The average Bonchev–Trinajstić information content (AvgIpc) is 2.19. The summed E-state index contributed by atoms with van der Waals surface area (Å²) in [4.78, 5) is 0. The van der Waals surface area contributed by atoms with Crippen molar-refractivity contribution in [3.8, 4) is 5.75 Å². The van der Waals surface area contributed by atoms with Crippen LogP contribution in [0.1, 0.15) is 23.6 Å². The number of ether oxygens (including phenoxy) is 2. The van der Waals surface area contributed by atoms with E-state index in [0.717, 1.165) is 17.9 Å². The zero-order chi connectivity index (χ0) is 10.6. The molecule has 0 aliphatic rings. The Hall–Kier alpha value is -1.02. The zero-order valence-corrected chi connectivity index (χ0v) is 9.39. The molecule has 2 heteroatoms. The Bertz CT molecular complexity index is 305. The molecule has 14 heavy (non-hydrogen) atoms. The Morgan fingerprint density at radius 1 is 1.14 bits per heavy atom. The third kappa shape index (κ3) is 2.48. The van der Waals surface area contributed by atoms with E-state index >= 15 is 0 Å². The van der Waals surface area contributed by atoms with E-state index in [2.05, 4.69) is 26.0 Å². The number of hydrogen-bond donors (Lipinski definition) is 0. The van der Waals surface area contributed by atoms with E-state index in [-0.39, 0.29) is 0 Å². The quantitative estimate of drug-likeness (QED) is 0.733. The highest BCUT2D eigenvalue weighted by Crippen LogP contribution is 2.23. The van der Waals surface area contributed by atoms with E-state index < -0.39 is 0 Å². The monoisotopic (exact) mass is 194 g/mol. The van der Waals surface area contributed by atoms with Gasteiger partial charge in [-0.15, -0.1) is 0 Å². The van der Waals surface area contributed by atoms with Crippen LogP contribution in [0.15, 0.2) is 12.1 Å². The van der Waals surface area contributed by atoms with Gasteiger partial charge in [-0.2, -0.15) is 0 Å². The fourth-order valence-electron chi connectivity index (χ4n) is 1.36. The lowest BCUT2D eigenvalue weighted by molar-refractivity contribution is 0.132. The zero-order valence-electron chi connectivity index (χ0n) is 9.39. The van der Waals surface area contributed by atoms with Crippen molar-refractivity contribution in [2.24, 2.45) is 0 Å². The van der Waals surface area contributed by atoms with Crippen LogP contribution in [0, 0.1) is 13.8 Å². The number of benzene rings is 1. The van der Waals surface area contributed by atoms with Crippen LogP contribution in [0.3, 0.4) is 0 Å². The van der Waals surface area contributed by atoms with Crippen LogP contribution in [-0.4, -0.2) is 13.7 Å². The molecular formula is C12H18O2. The molecule has 1 aromatic rings. The van der Waals surface area contributed by atoms with Gasteiger partial charge in [0.15, 0.2) is 0 Å². The van der Waals surface area contributed by atoms with Crippen LogP contribution < -0.4 is 4.74 Å². The first-order valence-corrected chi connectivity index (χ1v) is 4.91. The number of methoxy groups -OCH3 is 1. The molecule has 0 atom stereocenters. The van der Waals surface area contributed by atoms with Crippen molar-refractivity contribution >= 4 is 0 Å². The highest BCUT2D eigenvalue weighted by molar-refractivity contribution is 5.41. The van der Waals surface area contributed by atoms with Crippen LogP contribution in [0.25, 0.3) is 0 Å². The van der Waals surface area contributed by atoms with Crippen LogP contribution >= 0.6 is 0 Å². The van der Waals surface area contributed by atoms with Crippen molar-refractivity contribution in [2.75, 3.05) is 13.7 Å². The highest BCUT2D eigenvalue weighted by Gasteiger charge is 2.05. The fourth-order valence-corrected chi connectivity index (χ4v) is 1.36. The molecule has 1 aromatic carbocycles. The van der Waals surface area contributed by atoms with Gasteiger partial charge < -0.3 is 9.47 Å². The maximum Gasteiger partial charge on any atom is 0.124 e. The van der Waals surface area contributed by atoms with Crippen molar-refractivity contribution in [3.63, 3.8) is 0 Å². The second-order valence-corrected chi connectivity index (χ2v) is 3.39. The molecule has 0 spiro atoms. The molecule has 0 N–H and O–H groups in total. The summed E-state index contributed by atoms with van der Waals surface area (Å²) in [5, 5.41) is 0. The molecule has 0 bridgehead atoms. The van der Waals surface area contributed by atoms with Crippen molar-refractivity contribution in [3.05, 3.63) is 28.8 Å². The van der Waals surface area contributed by atoms with Gasteiger partial charge in [0.05, 0.1) is 13.7 Å². The number of rotatable bonds is 4. The maximum atomic E-state index is 5.38. The van der Waals surface area contributed by atoms with Crippen molar-refractivity contribution in [2.45, 2.75) is 27.4 Å². The van der Waals surface area contributed by atoms with Gasteiger partial charge in [-0.25, -0.2) is 0 Å². The molecule has 0 aliphatic carbocycles. The van der Waals surface area contributed by atoms with Crippen LogP contribution in [0.5, 0.6) is 5.75 Å². The van der Waals surface area contributed by atoms with Gasteiger partial charge in [0, 0.05) is 12.2 Å². The first-order valence-electron chi connectivity index (χ1n) is 4.91. The summed E-state index contributed by atoms with van der Waals surface area (Å²) in [6.45, 7) is 7.54. The fraction of sp³-hybridized carbons (Fsp3) is 0.500. The van der Waals surface area contributed by atoms with Crippen molar-refractivity contribution in [1.29, 1.82) is 0 Å². The lowest BCUT2D eigenvalue weighted by Gasteiger charge is -2.11. The summed E-state index contributed by atoms with van der Waals surface area (Å²) in [7, 11) is 1.69. The molecule has 1 rings (SSSR count). The molecule has 0 aliphatic heterocycles. The third-order valence-electron chi connectivity index (χ3n) is 2.36. The van der Waals surface area contributed by atoms with Crippen LogP contribution in [0.2, 0.25) is 0 Å². The Labute approximate surface area is 85.8 Å². The Morgan fingerprint density at radius 3 is 2.36 bits per heavy atom. The Morgan fingerprint density at radius 2 is 1.79 bits per heavy atom. The van der Waals surface area contributed by atoms with E-state index in [4.69, 9.17) is 9.47 Å². The molecule has 0 saturated carbocycles. The second kappa shape index (κ2) is 5.01. The molecule has 78 valence electrons. The average molecular weight is 194 g/mol. The molecule has 0 radical (unpaired) electrons. The third-order valence-corrected chi connectivity index (χ3v) is 2.36. The van der Waals surface area contributed by atoms with Gasteiger partial charge in [0.1, 0.15) is 5.75 Å². The summed E-state index contributed by atoms with van der Waals surface area (Å²) in [6, 6.07) is 4.19. The molecule has 0 fully saturated rings. The van der Waals surface area contributed by atoms with Gasteiger partial charge in [-0.05, 0) is 44.0 Å². The summed E-state index contributed by atoms with van der Waals surface area (Å²) in [5.41, 5.74) is 3.65. The normalized spacial score (nSPS) is 10.3. The predicted molar refractivity (Wildman–Crippen MR) is 57.8 cm³/mol. The van der Waals surface area contributed by atoms with Crippen LogP contribution in [-0.2, 0) is 11.3 Å². The smallest absolute Gasteiger partial charge is 0.124 e. The van der Waals surface area contributed by atoms with Gasteiger partial charge in [-0.3, -0.25) is 0 Å². The molecule has 0 unspecified atom stereocenters. The minimum absolute atomic E-state index is 0.626. The van der Waals surface area contributed by atoms with E-state index in [1.165, 1.54) is 11.1 Å². The minimum atomic E-state index is 0.626. The first kappa shape index (κ1) is 11.1. The Balaban J connectivity index is 2.95. The highest BCUT2D eigenvalue weighted by atomic mass is 16.5. The maximum absolute atomic E-state index is 5.38. The van der Waals surface area contributed by atoms with Gasteiger partial charge in [0.25, 0.3) is 0 Å². The Kier molecular flexibility index (Phi) is 3.96. The van der Waals surface area contributed by atoms with E-state index in [0.29, 0.717) is 6.61 Å². The molecule has 0 aromatic heterocycles. The SMILES string of the molecule is CCOCc1cc(C)c(C)cc1OC. The minimum Gasteiger partial charge on any atom is -0.496 e. The van der Waals surface area contributed by atoms with Crippen molar-refractivity contribution < 1.29 is 9.47 Å². The summed E-state index contributed by atoms with van der Waals surface area (Å²) in [5.74, 6) is 0.918. The van der Waals surface area contributed by atoms with E-state index in [9.17, 15) is 0 Å². The van der Waals surface area contributed by atoms with Gasteiger partial charge >= 0.3 is 0 Å². The largest absolute Gasteiger partial charge is 0.496 e. The van der Waals surface area contributed by atoms with Crippen LogP contribution in [0.4, 0.5) is 0 Å². The number of hydrogen-bond acceptors (Lipinski definition) is 2. The van der Waals surface area contributed by atoms with E-state index in [1.54, 1.807) is 7.11 Å². The summed E-state index contributed by atoms with van der Waals surface area (Å²) in [6.07, 6.45) is 0. The van der Waals surface area contributed by atoms with Gasteiger partial charge in [0.2, 0.25) is 0 Å². The topological polar surface area (TPSA) is 18.5 Å². The van der Waals surface area contributed by atoms with E-state index in [1.807, 2.05) is 6.92 Å². The lowest BCUT2D eigenvalue weighted by atomic mass is 10.1. The molecule has 0 amide bonds. The van der Waals surface area contributed by atoms with Gasteiger partial charge in [-0.1, -0.05) is 0 Å². The standard InChI is InChI=1S/C12H18O2/c1-5-14-8-11-6-9(2)10(3)7-12(11)13-4/h6-7H,5,8H2,1-4H3. The first-order chi connectivity index (χ1) is 6.69. The summed E-state index contributed by atoms with van der Waals surface area (Å²) >= 11 is 0. The molecule has 0 heterocycles. The van der Waals surface area contributed by atoms with Crippen molar-refractivity contribution in [1.82, 2.24) is 0 Å². The molecular weight excluding hydrogens is 176 g/mol. The lowest BCUT2D eigenvalue weighted by Crippen LogP contribution is -1.98. The number of aryl methyl sites for hydroxylation is 2. The second-order valence-electron chi connectivity index (χ2n) is 3.39.